The van der Waals surface area contributed by atoms with E-state index < -0.39 is 0 Å². The third-order valence-electron chi connectivity index (χ3n) is 4.89. The van der Waals surface area contributed by atoms with Gasteiger partial charge in [-0.25, -0.2) is 0 Å². The van der Waals surface area contributed by atoms with Crippen molar-refractivity contribution in [1.29, 1.82) is 0 Å². The quantitative estimate of drug-likeness (QED) is 0.265. The Balaban J connectivity index is 3.24. The highest BCUT2D eigenvalue weighted by Crippen LogP contribution is 2.25. The fraction of sp³-hybridized carbons (Fsp3) is 0.950. The summed E-state index contributed by atoms with van der Waals surface area (Å²) in [5.41, 5.74) is -0.279. The number of carbonyl (C=O) groups excluding carboxylic acids is 1. The van der Waals surface area contributed by atoms with Gasteiger partial charge in [0, 0.05) is 0 Å². The Hall–Kier alpha value is -0.313. The Labute approximate surface area is 148 Å². The largest absolute Gasteiger partial charge is 0.528 e. The van der Waals surface area contributed by atoms with Gasteiger partial charge in [0.05, 0.1) is 5.41 Å². The molecule has 0 bridgehead atoms. The van der Waals surface area contributed by atoms with Crippen LogP contribution in [0.1, 0.15) is 117 Å². The van der Waals surface area contributed by atoms with Crippen LogP contribution < -0.4 is 0 Å². The van der Waals surface area contributed by atoms with Crippen LogP contribution in [0.4, 0.5) is 0 Å². The predicted molar refractivity (Wildman–Crippen MR) is 105 cm³/mol. The standard InChI is InChI=1S/C20H42O2Si/c1-4-5-6-7-8-9-10-11-12-13-14-15-16-17-18-20(2,3)19(21)22-23/h4-18H2,1-3,23H3. The molecule has 0 aromatic heterocycles. The Morgan fingerprint density at radius 2 is 1.09 bits per heavy atom. The molecule has 0 N–H and O–H groups in total. The summed E-state index contributed by atoms with van der Waals surface area (Å²) in [7, 11) is 0.516. The van der Waals surface area contributed by atoms with E-state index in [9.17, 15) is 4.79 Å². The third-order valence-corrected chi connectivity index (χ3v) is 5.26. The highest BCUT2D eigenvalue weighted by atomic mass is 28.2. The molecule has 3 heteroatoms. The molecule has 0 radical (unpaired) electrons. The molecule has 0 aliphatic rings. The van der Waals surface area contributed by atoms with E-state index in [1.54, 1.807) is 0 Å². The van der Waals surface area contributed by atoms with E-state index in [0.29, 0.717) is 10.5 Å². The van der Waals surface area contributed by atoms with Crippen molar-refractivity contribution >= 4 is 16.5 Å². The summed E-state index contributed by atoms with van der Waals surface area (Å²) in [5, 5.41) is 0. The van der Waals surface area contributed by atoms with Gasteiger partial charge in [0.2, 0.25) is 10.5 Å². The lowest BCUT2D eigenvalue weighted by Crippen LogP contribution is -2.25. The Kier molecular flexibility index (Phi) is 15.0. The molecule has 0 unspecified atom stereocenters. The highest BCUT2D eigenvalue weighted by Gasteiger charge is 2.27. The molecule has 2 nitrogen and oxygen atoms in total. The maximum atomic E-state index is 11.6. The number of hydrogen-bond donors (Lipinski definition) is 0. The Bertz CT molecular complexity index is 277. The van der Waals surface area contributed by atoms with Crippen molar-refractivity contribution in [1.82, 2.24) is 0 Å². The first kappa shape index (κ1) is 22.7. The fourth-order valence-electron chi connectivity index (χ4n) is 3.14. The molecule has 0 atom stereocenters. The van der Waals surface area contributed by atoms with Gasteiger partial charge in [0.1, 0.15) is 0 Å². The first-order valence-corrected chi connectivity index (χ1v) is 10.9. The van der Waals surface area contributed by atoms with Gasteiger partial charge in [-0.3, -0.25) is 4.79 Å². The Morgan fingerprint density at radius 3 is 1.43 bits per heavy atom. The smallest absolute Gasteiger partial charge is 0.297 e. The molecule has 0 aliphatic heterocycles. The van der Waals surface area contributed by atoms with Crippen molar-refractivity contribution in [2.75, 3.05) is 0 Å². The molecule has 0 heterocycles. The van der Waals surface area contributed by atoms with Crippen molar-refractivity contribution in [2.45, 2.75) is 117 Å². The number of unbranched alkanes of at least 4 members (excludes halogenated alkanes) is 13. The lowest BCUT2D eigenvalue weighted by atomic mass is 9.87. The normalized spacial score (nSPS) is 11.8. The zero-order chi connectivity index (χ0) is 17.4. The fourth-order valence-corrected chi connectivity index (χ4v) is 3.69. The van der Waals surface area contributed by atoms with Gasteiger partial charge in [-0.1, -0.05) is 96.8 Å². The van der Waals surface area contributed by atoms with Crippen molar-refractivity contribution in [3.63, 3.8) is 0 Å². The molecular weight excluding hydrogens is 300 g/mol. The molecule has 0 aromatic carbocycles. The maximum absolute atomic E-state index is 11.6. The van der Waals surface area contributed by atoms with Crippen LogP contribution in [-0.2, 0) is 9.22 Å². The average Bonchev–Trinajstić information content (AvgIpc) is 2.54. The van der Waals surface area contributed by atoms with Crippen LogP contribution in [0, 0.1) is 5.41 Å². The van der Waals surface area contributed by atoms with Crippen LogP contribution in [0.25, 0.3) is 0 Å². The van der Waals surface area contributed by atoms with Crippen LogP contribution in [0.2, 0.25) is 0 Å². The van der Waals surface area contributed by atoms with Gasteiger partial charge in [-0.15, -0.1) is 0 Å². The summed E-state index contributed by atoms with van der Waals surface area (Å²) in [6.45, 7) is 6.30. The molecule has 0 saturated heterocycles. The molecular formula is C20H42O2Si. The zero-order valence-electron chi connectivity index (χ0n) is 16.4. The third kappa shape index (κ3) is 13.8. The van der Waals surface area contributed by atoms with Gasteiger partial charge < -0.3 is 4.43 Å². The minimum atomic E-state index is -0.279. The van der Waals surface area contributed by atoms with E-state index in [1.165, 1.54) is 83.5 Å². The Morgan fingerprint density at radius 1 is 0.739 bits per heavy atom. The van der Waals surface area contributed by atoms with E-state index in [4.69, 9.17) is 4.43 Å². The zero-order valence-corrected chi connectivity index (χ0v) is 18.4. The minimum Gasteiger partial charge on any atom is -0.528 e. The first-order chi connectivity index (χ1) is 11.0. The lowest BCUT2D eigenvalue weighted by Gasteiger charge is -2.21. The molecule has 138 valence electrons. The van der Waals surface area contributed by atoms with Gasteiger partial charge in [0.25, 0.3) is 5.97 Å². The second-order valence-electron chi connectivity index (χ2n) is 7.72. The second-order valence-corrected chi connectivity index (χ2v) is 8.13. The SMILES string of the molecule is CCCCCCCCCCCCCCCCC(C)(C)C(=O)O[SiH3]. The monoisotopic (exact) mass is 342 g/mol. The molecule has 0 rings (SSSR count). The van der Waals surface area contributed by atoms with Gasteiger partial charge in [0.15, 0.2) is 0 Å². The highest BCUT2D eigenvalue weighted by molar-refractivity contribution is 6.06. The van der Waals surface area contributed by atoms with E-state index in [1.807, 2.05) is 13.8 Å². The minimum absolute atomic E-state index is 0.0149. The molecule has 23 heavy (non-hydrogen) atoms. The summed E-state index contributed by atoms with van der Waals surface area (Å²) in [5.74, 6) is -0.0149. The van der Waals surface area contributed by atoms with Crippen LogP contribution in [0.15, 0.2) is 0 Å². The van der Waals surface area contributed by atoms with E-state index in [-0.39, 0.29) is 11.4 Å². The predicted octanol–water partition coefficient (Wildman–Crippen LogP) is 5.71. The maximum Gasteiger partial charge on any atom is 0.297 e. The molecule has 0 spiro atoms. The average molecular weight is 343 g/mol. The second kappa shape index (κ2) is 15.2. The number of hydrogen-bond acceptors (Lipinski definition) is 2. The first-order valence-electron chi connectivity index (χ1n) is 10.1. The van der Waals surface area contributed by atoms with Crippen molar-refractivity contribution in [3.8, 4) is 0 Å². The van der Waals surface area contributed by atoms with Crippen molar-refractivity contribution in [3.05, 3.63) is 0 Å². The van der Waals surface area contributed by atoms with Crippen molar-refractivity contribution in [2.24, 2.45) is 5.41 Å². The molecule has 0 aromatic rings. The van der Waals surface area contributed by atoms with Gasteiger partial charge >= 0.3 is 0 Å². The van der Waals surface area contributed by atoms with Gasteiger partial charge in [-0.2, -0.15) is 0 Å². The van der Waals surface area contributed by atoms with E-state index in [2.05, 4.69) is 6.92 Å². The molecule has 0 amide bonds. The molecule has 0 aliphatic carbocycles. The lowest BCUT2D eigenvalue weighted by molar-refractivity contribution is -0.144. The summed E-state index contributed by atoms with van der Waals surface area (Å²) in [4.78, 5) is 11.6. The van der Waals surface area contributed by atoms with Crippen LogP contribution in [0.3, 0.4) is 0 Å². The summed E-state index contributed by atoms with van der Waals surface area (Å²) >= 11 is 0. The van der Waals surface area contributed by atoms with Crippen LogP contribution in [0.5, 0.6) is 0 Å². The van der Waals surface area contributed by atoms with E-state index >= 15 is 0 Å². The van der Waals surface area contributed by atoms with Gasteiger partial charge in [-0.05, 0) is 20.3 Å². The number of carbonyl (C=O) groups is 1. The number of rotatable bonds is 16. The van der Waals surface area contributed by atoms with Crippen molar-refractivity contribution < 1.29 is 9.22 Å². The van der Waals surface area contributed by atoms with Crippen LogP contribution in [-0.4, -0.2) is 16.5 Å². The van der Waals surface area contributed by atoms with Crippen LogP contribution >= 0.6 is 0 Å². The molecule has 0 saturated carbocycles. The summed E-state index contributed by atoms with van der Waals surface area (Å²) in [6, 6.07) is 0. The topological polar surface area (TPSA) is 26.3 Å². The molecule has 0 fully saturated rings. The summed E-state index contributed by atoms with van der Waals surface area (Å²) in [6.07, 6.45) is 20.2. The van der Waals surface area contributed by atoms with E-state index in [0.717, 1.165) is 12.8 Å². The summed E-state index contributed by atoms with van der Waals surface area (Å²) < 4.78 is 4.98.